The molecule has 2 fully saturated rings. The molecule has 3 rings (SSSR count). The minimum atomic E-state index is -0.321. The largest absolute Gasteiger partial charge is 0.379 e. The van der Waals surface area contributed by atoms with E-state index in [1.165, 1.54) is 0 Å². The summed E-state index contributed by atoms with van der Waals surface area (Å²) in [6, 6.07) is 5.35. The van der Waals surface area contributed by atoms with Crippen molar-refractivity contribution < 1.29 is 9.66 Å². The number of piperazine rings is 1. The minimum absolute atomic E-state index is 0. The molecule has 0 spiro atoms. The molecule has 0 amide bonds. The predicted molar refractivity (Wildman–Crippen MR) is 101 cm³/mol. The highest BCUT2D eigenvalue weighted by atomic mass is 35.5. The van der Waals surface area contributed by atoms with Crippen molar-refractivity contribution in [2.75, 3.05) is 75.8 Å². The molecule has 8 nitrogen and oxygen atoms in total. The van der Waals surface area contributed by atoms with Crippen molar-refractivity contribution in [3.63, 3.8) is 0 Å². The summed E-state index contributed by atoms with van der Waals surface area (Å²) < 4.78 is 5.34. The van der Waals surface area contributed by atoms with Gasteiger partial charge >= 0.3 is 0 Å². The first-order valence-electron chi connectivity index (χ1n) is 8.52. The molecule has 0 bridgehead atoms. The summed E-state index contributed by atoms with van der Waals surface area (Å²) in [4.78, 5) is 15.5. The Kier molecular flexibility index (Phi) is 7.70. The van der Waals surface area contributed by atoms with Crippen LogP contribution in [0, 0.1) is 10.1 Å². The van der Waals surface area contributed by atoms with Crippen LogP contribution < -0.4 is 15.5 Å². The number of ether oxygens (including phenoxy) is 1. The Balaban J connectivity index is 0.00000225. The highest BCUT2D eigenvalue weighted by molar-refractivity contribution is 5.85. The SMILES string of the molecule is Cl.O=[N+]([O-])c1ccc(N2CCNCC2)cc1NCCN1CCOCC1. The summed E-state index contributed by atoms with van der Waals surface area (Å²) >= 11 is 0. The van der Waals surface area contributed by atoms with Crippen molar-refractivity contribution in [3.05, 3.63) is 28.3 Å². The molecular weight excluding hydrogens is 346 g/mol. The van der Waals surface area contributed by atoms with Crippen LogP contribution in [0.25, 0.3) is 0 Å². The third-order valence-corrected chi connectivity index (χ3v) is 4.51. The summed E-state index contributed by atoms with van der Waals surface area (Å²) in [7, 11) is 0. The van der Waals surface area contributed by atoms with Gasteiger partial charge in [-0.05, 0) is 12.1 Å². The highest BCUT2D eigenvalue weighted by Crippen LogP contribution is 2.29. The Morgan fingerprint density at radius 1 is 1.20 bits per heavy atom. The van der Waals surface area contributed by atoms with Gasteiger partial charge in [0.2, 0.25) is 0 Å². The third-order valence-electron chi connectivity index (χ3n) is 4.51. The first-order valence-corrected chi connectivity index (χ1v) is 8.52. The van der Waals surface area contributed by atoms with E-state index in [0.717, 1.165) is 64.7 Å². The van der Waals surface area contributed by atoms with Crippen LogP contribution in [0.1, 0.15) is 0 Å². The average Bonchev–Trinajstić information content (AvgIpc) is 2.63. The smallest absolute Gasteiger partial charge is 0.292 e. The molecule has 140 valence electrons. The molecule has 1 aromatic rings. The molecule has 25 heavy (non-hydrogen) atoms. The molecule has 0 atom stereocenters. The molecule has 0 aliphatic carbocycles. The quantitative estimate of drug-likeness (QED) is 0.573. The van der Waals surface area contributed by atoms with E-state index in [-0.39, 0.29) is 23.0 Å². The fraction of sp³-hybridized carbons (Fsp3) is 0.625. The van der Waals surface area contributed by atoms with Gasteiger partial charge in [0.05, 0.1) is 18.1 Å². The van der Waals surface area contributed by atoms with Gasteiger partial charge in [0.15, 0.2) is 0 Å². The Morgan fingerprint density at radius 3 is 2.60 bits per heavy atom. The fourth-order valence-electron chi connectivity index (χ4n) is 3.12. The second kappa shape index (κ2) is 9.76. The van der Waals surface area contributed by atoms with Crippen molar-refractivity contribution in [3.8, 4) is 0 Å². The number of nitrogens with zero attached hydrogens (tertiary/aromatic N) is 3. The summed E-state index contributed by atoms with van der Waals surface area (Å²) in [6.07, 6.45) is 0. The van der Waals surface area contributed by atoms with Crippen LogP contribution in [0.2, 0.25) is 0 Å². The molecule has 2 aliphatic heterocycles. The summed E-state index contributed by atoms with van der Waals surface area (Å²) in [5.41, 5.74) is 1.77. The molecule has 2 N–H and O–H groups in total. The number of anilines is 2. The van der Waals surface area contributed by atoms with Gasteiger partial charge in [-0.25, -0.2) is 0 Å². The van der Waals surface area contributed by atoms with Crippen LogP contribution >= 0.6 is 12.4 Å². The molecule has 2 saturated heterocycles. The van der Waals surface area contributed by atoms with E-state index < -0.39 is 0 Å². The lowest BCUT2D eigenvalue weighted by Gasteiger charge is -2.30. The Morgan fingerprint density at radius 2 is 1.92 bits per heavy atom. The first-order chi connectivity index (χ1) is 11.7. The van der Waals surface area contributed by atoms with Gasteiger partial charge in [-0.1, -0.05) is 0 Å². The van der Waals surface area contributed by atoms with Crippen molar-refractivity contribution in [1.82, 2.24) is 10.2 Å². The van der Waals surface area contributed by atoms with Gasteiger partial charge in [-0.2, -0.15) is 0 Å². The Labute approximate surface area is 154 Å². The zero-order valence-electron chi connectivity index (χ0n) is 14.3. The summed E-state index contributed by atoms with van der Waals surface area (Å²) in [5, 5.41) is 17.9. The van der Waals surface area contributed by atoms with Gasteiger partial charge < -0.3 is 20.3 Å². The van der Waals surface area contributed by atoms with Crippen LogP contribution in [0.4, 0.5) is 17.1 Å². The van der Waals surface area contributed by atoms with E-state index in [1.54, 1.807) is 6.07 Å². The molecule has 2 heterocycles. The molecular formula is C16H26ClN5O3. The minimum Gasteiger partial charge on any atom is -0.379 e. The molecule has 0 saturated carbocycles. The number of nitrogens with one attached hydrogen (secondary N) is 2. The number of morpholine rings is 1. The second-order valence-electron chi connectivity index (χ2n) is 6.08. The van der Waals surface area contributed by atoms with E-state index in [2.05, 4.69) is 20.4 Å². The molecule has 0 radical (unpaired) electrons. The van der Waals surface area contributed by atoms with E-state index in [9.17, 15) is 10.1 Å². The van der Waals surface area contributed by atoms with Gasteiger partial charge in [0, 0.05) is 64.1 Å². The van der Waals surface area contributed by atoms with E-state index in [1.807, 2.05) is 12.1 Å². The average molecular weight is 372 g/mol. The lowest BCUT2D eigenvalue weighted by molar-refractivity contribution is -0.383. The zero-order valence-corrected chi connectivity index (χ0v) is 15.1. The fourth-order valence-corrected chi connectivity index (χ4v) is 3.12. The normalized spacial score (nSPS) is 18.5. The second-order valence-corrected chi connectivity index (χ2v) is 6.08. The first kappa shape index (κ1) is 19.7. The number of nitro groups is 1. The zero-order chi connectivity index (χ0) is 16.8. The molecule has 0 aromatic heterocycles. The molecule has 9 heteroatoms. The van der Waals surface area contributed by atoms with E-state index >= 15 is 0 Å². The van der Waals surface area contributed by atoms with Crippen LogP contribution in [0.3, 0.4) is 0 Å². The van der Waals surface area contributed by atoms with Crippen molar-refractivity contribution in [2.45, 2.75) is 0 Å². The van der Waals surface area contributed by atoms with Crippen LogP contribution in [-0.4, -0.2) is 75.4 Å². The standard InChI is InChI=1S/C16H25N5O3.ClH/c22-21(23)16-2-1-14(20-7-3-17-4-8-20)13-15(16)18-5-6-19-9-11-24-12-10-19;/h1-2,13,17-18H,3-12H2;1H. The summed E-state index contributed by atoms with van der Waals surface area (Å²) in [6.45, 7) is 8.64. The van der Waals surface area contributed by atoms with E-state index in [4.69, 9.17) is 4.74 Å². The lowest BCUT2D eigenvalue weighted by atomic mass is 10.2. The van der Waals surface area contributed by atoms with Crippen molar-refractivity contribution >= 4 is 29.5 Å². The van der Waals surface area contributed by atoms with Gasteiger partial charge in [0.25, 0.3) is 5.69 Å². The van der Waals surface area contributed by atoms with Gasteiger partial charge in [-0.3, -0.25) is 15.0 Å². The monoisotopic (exact) mass is 371 g/mol. The van der Waals surface area contributed by atoms with Gasteiger partial charge in [0.1, 0.15) is 5.69 Å². The number of halogens is 1. The van der Waals surface area contributed by atoms with Crippen LogP contribution in [0.15, 0.2) is 18.2 Å². The molecule has 1 aromatic carbocycles. The molecule has 0 unspecified atom stereocenters. The van der Waals surface area contributed by atoms with Gasteiger partial charge in [-0.15, -0.1) is 12.4 Å². The van der Waals surface area contributed by atoms with Crippen molar-refractivity contribution in [1.29, 1.82) is 0 Å². The third kappa shape index (κ3) is 5.43. The summed E-state index contributed by atoms with van der Waals surface area (Å²) in [5.74, 6) is 0. The number of rotatable bonds is 6. The topological polar surface area (TPSA) is 82.9 Å². The van der Waals surface area contributed by atoms with Crippen molar-refractivity contribution in [2.24, 2.45) is 0 Å². The van der Waals surface area contributed by atoms with Crippen LogP contribution in [-0.2, 0) is 4.74 Å². The maximum Gasteiger partial charge on any atom is 0.292 e. The lowest BCUT2D eigenvalue weighted by Crippen LogP contribution is -2.43. The highest BCUT2D eigenvalue weighted by Gasteiger charge is 2.18. The number of hydrogen-bond donors (Lipinski definition) is 2. The Bertz CT molecular complexity index is 563. The predicted octanol–water partition coefficient (Wildman–Crippen LogP) is 1.17. The number of hydrogen-bond acceptors (Lipinski definition) is 7. The number of benzene rings is 1. The maximum atomic E-state index is 11.3. The Hall–Kier alpha value is -1.61. The maximum absolute atomic E-state index is 11.3. The number of nitro benzene ring substituents is 1. The molecule has 2 aliphatic rings. The van der Waals surface area contributed by atoms with E-state index in [0.29, 0.717) is 12.2 Å². The van der Waals surface area contributed by atoms with Crippen LogP contribution in [0.5, 0.6) is 0 Å².